The van der Waals surface area contributed by atoms with Crippen molar-refractivity contribution in [2.45, 2.75) is 0 Å². The molecule has 0 fully saturated rings. The number of rotatable bonds is 6. The van der Waals surface area contributed by atoms with E-state index in [9.17, 15) is 0 Å². The lowest BCUT2D eigenvalue weighted by molar-refractivity contribution is 1.33. The van der Waals surface area contributed by atoms with E-state index < -0.39 is 8.07 Å². The maximum absolute atomic E-state index is 5.35. The van der Waals surface area contributed by atoms with Crippen molar-refractivity contribution in [3.8, 4) is 55.8 Å². The molecule has 1 aliphatic heterocycles. The number of pyridine rings is 3. The summed E-state index contributed by atoms with van der Waals surface area (Å²) in [6.07, 6.45) is 10.1. The molecule has 3 aromatic heterocycles. The van der Waals surface area contributed by atoms with Crippen molar-refractivity contribution < 1.29 is 0 Å². The molecule has 16 aromatic rings. The van der Waals surface area contributed by atoms with Gasteiger partial charge in [0.05, 0.1) is 5.69 Å². The largest absolute Gasteiger partial charge is 0.265 e. The molecule has 3 nitrogen and oxygen atoms in total. The molecule has 0 N–H and O–H groups in total. The molecule has 0 atom stereocenters. The lowest BCUT2D eigenvalue weighted by atomic mass is 9.83. The standard InChI is InChI=1S/C75H45N3Si/c1-2-14-46(15-3-1)70-58-22-8-10-24-60(58)73(61-25-11-9-23-59(61)70)65-35-29-48-27-33-62-53(32-26-47-28-34-64(65)72(48)71(47)62)50-30-37-67(78-43-50)49-31-38-68-66(42-49)75-69(79(68,51-16-12-40-76-44-51)52-17-13-41-77-45-52)39-36-63-56-20-5-4-18-54(56)55-19-6-7-21-57(55)74(63)75/h1-45H. The quantitative estimate of drug-likeness (QED) is 0.0946. The molecule has 4 heterocycles. The second-order valence-corrected chi connectivity index (χ2v) is 25.0. The summed E-state index contributed by atoms with van der Waals surface area (Å²) in [5.41, 5.74) is 11.9. The highest BCUT2D eigenvalue weighted by Crippen LogP contribution is 2.49. The van der Waals surface area contributed by atoms with Crippen LogP contribution in [-0.2, 0) is 0 Å². The van der Waals surface area contributed by atoms with Gasteiger partial charge in [-0.25, -0.2) is 0 Å². The number of fused-ring (bicyclic) bond motifs is 12. The van der Waals surface area contributed by atoms with E-state index in [2.05, 4.69) is 261 Å². The second kappa shape index (κ2) is 16.9. The minimum atomic E-state index is -2.94. The highest BCUT2D eigenvalue weighted by atomic mass is 28.3. The third-order valence-corrected chi connectivity index (χ3v) is 22.3. The van der Waals surface area contributed by atoms with E-state index in [0.29, 0.717) is 0 Å². The zero-order valence-corrected chi connectivity index (χ0v) is 43.8. The van der Waals surface area contributed by atoms with Gasteiger partial charge in [-0.2, -0.15) is 0 Å². The lowest BCUT2D eigenvalue weighted by Gasteiger charge is -2.30. The molecule has 0 aliphatic carbocycles. The van der Waals surface area contributed by atoms with E-state index in [0.717, 1.165) is 16.8 Å². The Hall–Kier alpha value is -10.1. The van der Waals surface area contributed by atoms with Gasteiger partial charge in [0, 0.05) is 42.1 Å². The molecule has 4 heteroatoms. The molecule has 0 unspecified atom stereocenters. The second-order valence-electron chi connectivity index (χ2n) is 21.3. The van der Waals surface area contributed by atoms with Gasteiger partial charge in [-0.05, 0) is 170 Å². The molecule has 0 amide bonds. The summed E-state index contributed by atoms with van der Waals surface area (Å²) < 4.78 is 0. The lowest BCUT2D eigenvalue weighted by Crippen LogP contribution is -2.73. The van der Waals surface area contributed by atoms with Crippen molar-refractivity contribution in [2.24, 2.45) is 0 Å². The average Bonchev–Trinajstić information content (AvgIpc) is 3.89. The maximum atomic E-state index is 5.35. The van der Waals surface area contributed by atoms with Gasteiger partial charge in [0.15, 0.2) is 8.07 Å². The van der Waals surface area contributed by atoms with Crippen LogP contribution in [0, 0.1) is 0 Å². The fraction of sp³-hybridized carbons (Fsp3) is 0. The molecule has 0 saturated heterocycles. The number of hydrogen-bond donors (Lipinski definition) is 0. The molecule has 1 aliphatic rings. The Kier molecular flexibility index (Phi) is 9.44. The summed E-state index contributed by atoms with van der Waals surface area (Å²) in [7, 11) is -2.94. The van der Waals surface area contributed by atoms with Crippen LogP contribution in [0.1, 0.15) is 0 Å². The Morgan fingerprint density at radius 3 is 1.35 bits per heavy atom. The van der Waals surface area contributed by atoms with Gasteiger partial charge in [0.1, 0.15) is 0 Å². The molecule has 17 rings (SSSR count). The van der Waals surface area contributed by atoms with Crippen LogP contribution >= 0.6 is 0 Å². The Labute approximate surface area is 456 Å². The highest BCUT2D eigenvalue weighted by molar-refractivity contribution is 7.22. The van der Waals surface area contributed by atoms with Gasteiger partial charge in [-0.1, -0.05) is 218 Å². The van der Waals surface area contributed by atoms with E-state index in [1.54, 1.807) is 0 Å². The van der Waals surface area contributed by atoms with Gasteiger partial charge >= 0.3 is 0 Å². The number of aromatic nitrogens is 3. The van der Waals surface area contributed by atoms with E-state index in [1.807, 2.05) is 12.4 Å². The molecule has 364 valence electrons. The number of nitrogens with zero attached hydrogens (tertiary/aromatic N) is 3. The van der Waals surface area contributed by atoms with Crippen molar-refractivity contribution in [1.82, 2.24) is 15.0 Å². The normalized spacial score (nSPS) is 12.9. The Bertz CT molecular complexity index is 5040. The highest BCUT2D eigenvalue weighted by Gasteiger charge is 2.50. The monoisotopic (exact) mass is 1020 g/mol. The first kappa shape index (κ1) is 44.0. The minimum absolute atomic E-state index is 0.936. The van der Waals surface area contributed by atoms with Crippen LogP contribution in [0.25, 0.3) is 142 Å². The summed E-state index contributed by atoms with van der Waals surface area (Å²) in [6.45, 7) is 0. The van der Waals surface area contributed by atoms with E-state index in [-0.39, 0.29) is 0 Å². The van der Waals surface area contributed by atoms with Crippen molar-refractivity contribution >= 4 is 115 Å². The summed E-state index contributed by atoms with van der Waals surface area (Å²) in [4.78, 5) is 14.9. The van der Waals surface area contributed by atoms with Crippen molar-refractivity contribution in [3.63, 3.8) is 0 Å². The molecule has 79 heavy (non-hydrogen) atoms. The van der Waals surface area contributed by atoms with Gasteiger partial charge < -0.3 is 0 Å². The summed E-state index contributed by atoms with van der Waals surface area (Å²) in [5.74, 6) is 0. The Morgan fingerprint density at radius 2 is 0.759 bits per heavy atom. The fourth-order valence-corrected chi connectivity index (χ4v) is 19.3. The predicted octanol–water partition coefficient (Wildman–Crippen LogP) is 16.6. The van der Waals surface area contributed by atoms with Crippen LogP contribution in [0.4, 0.5) is 0 Å². The smallest absolute Gasteiger partial charge is 0.183 e. The predicted molar refractivity (Wildman–Crippen MR) is 335 cm³/mol. The summed E-state index contributed by atoms with van der Waals surface area (Å²) >= 11 is 0. The van der Waals surface area contributed by atoms with Crippen LogP contribution in [0.3, 0.4) is 0 Å². The average molecular weight is 1020 g/mol. The van der Waals surface area contributed by atoms with Gasteiger partial charge in [0.25, 0.3) is 0 Å². The molecule has 0 bridgehead atoms. The molecule has 0 spiro atoms. The van der Waals surface area contributed by atoms with E-state index in [1.165, 1.54) is 146 Å². The van der Waals surface area contributed by atoms with Crippen LogP contribution in [-0.4, -0.2) is 23.0 Å². The summed E-state index contributed by atoms with van der Waals surface area (Å²) in [6, 6.07) is 90.4. The van der Waals surface area contributed by atoms with Crippen LogP contribution in [0.5, 0.6) is 0 Å². The first-order valence-corrected chi connectivity index (χ1v) is 29.2. The third-order valence-electron chi connectivity index (χ3n) is 17.5. The van der Waals surface area contributed by atoms with Crippen molar-refractivity contribution in [1.29, 1.82) is 0 Å². The molecular weight excluding hydrogens is 971 g/mol. The third kappa shape index (κ3) is 6.20. The maximum Gasteiger partial charge on any atom is 0.183 e. The summed E-state index contributed by atoms with van der Waals surface area (Å²) in [5, 5.41) is 25.4. The SMILES string of the molecule is c1ccc(-c2c3ccccc3c(-c3ccc4ccc5c(-c6ccc(-c7ccc8c(c7)-c7c(ccc9c%10ccccc%10c%10ccccc%10c79)[Si]8(c7cccnc7)c7cccnc7)nc6)ccc6ccc3c4c65)c3ccccc23)cc1. The zero-order chi connectivity index (χ0) is 51.8. The van der Waals surface area contributed by atoms with Crippen LogP contribution in [0.15, 0.2) is 274 Å². The Morgan fingerprint density at radius 1 is 0.266 bits per heavy atom. The van der Waals surface area contributed by atoms with Gasteiger partial charge in [-0.15, -0.1) is 0 Å². The minimum Gasteiger partial charge on any atom is -0.265 e. The fourth-order valence-electron chi connectivity index (χ4n) is 14.3. The number of hydrogen-bond acceptors (Lipinski definition) is 3. The topological polar surface area (TPSA) is 38.7 Å². The molecular formula is C75H45N3Si. The van der Waals surface area contributed by atoms with Crippen molar-refractivity contribution in [3.05, 3.63) is 274 Å². The molecule has 0 radical (unpaired) electrons. The van der Waals surface area contributed by atoms with E-state index in [4.69, 9.17) is 15.0 Å². The first-order valence-electron chi connectivity index (χ1n) is 27.2. The molecule has 13 aromatic carbocycles. The van der Waals surface area contributed by atoms with Gasteiger partial charge in [-0.3, -0.25) is 15.0 Å². The first-order chi connectivity index (χ1) is 39.2. The molecule has 0 saturated carbocycles. The van der Waals surface area contributed by atoms with Crippen molar-refractivity contribution in [2.75, 3.05) is 0 Å². The number of benzene rings is 13. The Balaban J connectivity index is 0.839. The zero-order valence-electron chi connectivity index (χ0n) is 42.8. The van der Waals surface area contributed by atoms with E-state index >= 15 is 0 Å². The van der Waals surface area contributed by atoms with Crippen LogP contribution in [0.2, 0.25) is 0 Å². The van der Waals surface area contributed by atoms with Crippen LogP contribution < -0.4 is 20.7 Å². The van der Waals surface area contributed by atoms with Gasteiger partial charge in [0.2, 0.25) is 0 Å².